The van der Waals surface area contributed by atoms with E-state index >= 15 is 0 Å². The molecule has 5 heteroatoms. The third-order valence-corrected chi connectivity index (χ3v) is 5.53. The fraction of sp³-hybridized carbons (Fsp3) is 0.0952. The van der Waals surface area contributed by atoms with Crippen molar-refractivity contribution < 1.29 is 13.2 Å². The lowest BCUT2D eigenvalue weighted by atomic mass is 9.93. The minimum Gasteiger partial charge on any atom is -0.456 e. The Bertz CT molecular complexity index is 1090. The molecule has 1 aliphatic heterocycles. The molecule has 2 aromatic carbocycles. The predicted octanol–water partition coefficient (Wildman–Crippen LogP) is 3.99. The first-order valence-corrected chi connectivity index (χ1v) is 10.1. The number of hydrogen-bond acceptors (Lipinski definition) is 4. The number of fused-ring (bicyclic) bond motifs is 1. The second kappa shape index (κ2) is 6.42. The molecule has 0 fully saturated rings. The zero-order valence-electron chi connectivity index (χ0n) is 14.2. The highest BCUT2D eigenvalue weighted by atomic mass is 32.2. The molecule has 0 N–H and O–H groups in total. The molecule has 0 bridgehead atoms. The third-order valence-electron chi connectivity index (χ3n) is 4.40. The molecule has 4 rings (SSSR count). The van der Waals surface area contributed by atoms with Gasteiger partial charge in [-0.1, -0.05) is 18.2 Å². The number of allylic oxidation sites excluding steroid dienone is 1. The van der Waals surface area contributed by atoms with Gasteiger partial charge in [0.1, 0.15) is 11.5 Å². The molecule has 3 aromatic rings. The molecular weight excluding hydrogens is 346 g/mol. The third kappa shape index (κ3) is 3.13. The van der Waals surface area contributed by atoms with E-state index in [9.17, 15) is 8.42 Å². The van der Waals surface area contributed by atoms with Crippen LogP contribution in [0.25, 0.3) is 11.3 Å². The molecule has 1 aliphatic rings. The maximum Gasteiger partial charge on any atom is 0.175 e. The van der Waals surface area contributed by atoms with E-state index in [2.05, 4.69) is 11.1 Å². The number of aromatic nitrogens is 1. The van der Waals surface area contributed by atoms with Crippen molar-refractivity contribution in [2.45, 2.75) is 11.3 Å². The van der Waals surface area contributed by atoms with E-state index in [-0.39, 0.29) is 0 Å². The summed E-state index contributed by atoms with van der Waals surface area (Å²) in [6.07, 6.45) is 5.46. The second-order valence-electron chi connectivity index (χ2n) is 6.23. The molecule has 0 spiro atoms. The quantitative estimate of drug-likeness (QED) is 0.706. The highest BCUT2D eigenvalue weighted by Gasteiger charge is 2.22. The topological polar surface area (TPSA) is 56.3 Å². The lowest BCUT2D eigenvalue weighted by molar-refractivity contribution is 0.502. The summed E-state index contributed by atoms with van der Waals surface area (Å²) < 4.78 is 29.7. The van der Waals surface area contributed by atoms with Crippen molar-refractivity contribution in [1.82, 2.24) is 4.98 Å². The highest BCUT2D eigenvalue weighted by Crippen LogP contribution is 2.38. The van der Waals surface area contributed by atoms with Crippen molar-refractivity contribution in [3.63, 3.8) is 0 Å². The van der Waals surface area contributed by atoms with E-state index in [1.165, 1.54) is 6.26 Å². The normalized spacial score (nSPS) is 13.9. The van der Waals surface area contributed by atoms with Crippen LogP contribution in [0.4, 0.5) is 0 Å². The first-order chi connectivity index (χ1) is 12.5. The molecule has 1 aromatic heterocycles. The number of pyridine rings is 1. The Labute approximate surface area is 152 Å². The van der Waals surface area contributed by atoms with E-state index in [1.807, 2.05) is 30.3 Å². The summed E-state index contributed by atoms with van der Waals surface area (Å²) in [4.78, 5) is 4.39. The number of sulfone groups is 1. The zero-order chi connectivity index (χ0) is 18.1. The molecule has 0 amide bonds. The van der Waals surface area contributed by atoms with Gasteiger partial charge in [-0.15, -0.1) is 0 Å². The van der Waals surface area contributed by atoms with Crippen LogP contribution in [0.15, 0.2) is 78.0 Å². The largest absolute Gasteiger partial charge is 0.456 e. The van der Waals surface area contributed by atoms with Gasteiger partial charge < -0.3 is 4.74 Å². The Hall–Kier alpha value is -2.92. The van der Waals surface area contributed by atoms with Gasteiger partial charge in [-0.25, -0.2) is 8.42 Å². The molecule has 0 radical (unpaired) electrons. The molecule has 0 saturated carbocycles. The average Bonchev–Trinajstić information content (AvgIpc) is 2.67. The molecule has 2 heterocycles. The van der Waals surface area contributed by atoms with Gasteiger partial charge in [-0.05, 0) is 53.6 Å². The summed E-state index contributed by atoms with van der Waals surface area (Å²) in [5, 5.41) is 0. The molecule has 4 nitrogen and oxygen atoms in total. The molecule has 130 valence electrons. The Kier molecular flexibility index (Phi) is 4.09. The van der Waals surface area contributed by atoms with Crippen molar-refractivity contribution in [3.05, 3.63) is 89.7 Å². The number of benzene rings is 2. The lowest BCUT2D eigenvalue weighted by Crippen LogP contribution is -2.09. The lowest BCUT2D eigenvalue weighted by Gasteiger charge is -2.24. The fourth-order valence-corrected chi connectivity index (χ4v) is 3.70. The zero-order valence-corrected chi connectivity index (χ0v) is 15.0. The summed E-state index contributed by atoms with van der Waals surface area (Å²) >= 11 is 0. The number of hydrogen-bond donors (Lipinski definition) is 0. The minimum atomic E-state index is -3.23. The van der Waals surface area contributed by atoms with E-state index in [0.717, 1.165) is 40.2 Å². The van der Waals surface area contributed by atoms with Crippen molar-refractivity contribution in [2.24, 2.45) is 0 Å². The smallest absolute Gasteiger partial charge is 0.175 e. The maximum atomic E-state index is 11.7. The van der Waals surface area contributed by atoms with Crippen LogP contribution in [0.2, 0.25) is 0 Å². The SMILES string of the molecule is CS(=O)(=O)c1ccc(C2=C(c3ccncc3)Cc3ccccc3O2)cc1. The molecule has 0 atom stereocenters. The van der Waals surface area contributed by atoms with Gasteiger partial charge in [0.25, 0.3) is 0 Å². The summed E-state index contributed by atoms with van der Waals surface area (Å²) in [6.45, 7) is 0. The Morgan fingerprint density at radius 1 is 0.885 bits per heavy atom. The van der Waals surface area contributed by atoms with Gasteiger partial charge in [0.15, 0.2) is 9.84 Å². The molecule has 0 unspecified atom stereocenters. The monoisotopic (exact) mass is 363 g/mol. The van der Waals surface area contributed by atoms with Gasteiger partial charge in [0, 0.05) is 36.2 Å². The van der Waals surface area contributed by atoms with Gasteiger partial charge in [-0.3, -0.25) is 4.98 Å². The van der Waals surface area contributed by atoms with Crippen molar-refractivity contribution in [2.75, 3.05) is 6.26 Å². The van der Waals surface area contributed by atoms with E-state index < -0.39 is 9.84 Å². The van der Waals surface area contributed by atoms with E-state index in [0.29, 0.717) is 4.90 Å². The second-order valence-corrected chi connectivity index (χ2v) is 8.24. The Balaban J connectivity index is 1.85. The highest BCUT2D eigenvalue weighted by molar-refractivity contribution is 7.90. The number of ether oxygens (including phenoxy) is 1. The Morgan fingerprint density at radius 2 is 1.58 bits per heavy atom. The van der Waals surface area contributed by atoms with Gasteiger partial charge in [-0.2, -0.15) is 0 Å². The first kappa shape index (κ1) is 16.5. The Morgan fingerprint density at radius 3 is 2.27 bits per heavy atom. The van der Waals surface area contributed by atoms with Crippen LogP contribution >= 0.6 is 0 Å². The van der Waals surface area contributed by atoms with Crippen LogP contribution < -0.4 is 4.74 Å². The van der Waals surface area contributed by atoms with Crippen LogP contribution in [0.3, 0.4) is 0 Å². The number of nitrogens with zero attached hydrogens (tertiary/aromatic N) is 1. The number of rotatable bonds is 3. The average molecular weight is 363 g/mol. The first-order valence-electron chi connectivity index (χ1n) is 8.22. The standard InChI is InChI=1S/C21H17NO3S/c1-26(23,24)18-8-6-16(7-9-18)21-19(15-10-12-22-13-11-15)14-17-4-2-3-5-20(17)25-21/h2-13H,14H2,1H3. The minimum absolute atomic E-state index is 0.295. The van der Waals surface area contributed by atoms with Crippen molar-refractivity contribution in [3.8, 4) is 5.75 Å². The van der Waals surface area contributed by atoms with Crippen molar-refractivity contribution >= 4 is 21.2 Å². The van der Waals surface area contributed by atoms with Crippen LogP contribution in [0.5, 0.6) is 5.75 Å². The van der Waals surface area contributed by atoms with Crippen LogP contribution in [0.1, 0.15) is 16.7 Å². The van der Waals surface area contributed by atoms with E-state index in [1.54, 1.807) is 36.7 Å². The maximum absolute atomic E-state index is 11.7. The predicted molar refractivity (Wildman–Crippen MR) is 101 cm³/mol. The molecule has 26 heavy (non-hydrogen) atoms. The summed E-state index contributed by atoms with van der Waals surface area (Å²) in [5.41, 5.74) is 4.06. The summed E-state index contributed by atoms with van der Waals surface area (Å²) in [6, 6.07) is 18.7. The van der Waals surface area contributed by atoms with Crippen LogP contribution in [0, 0.1) is 0 Å². The van der Waals surface area contributed by atoms with Gasteiger partial charge in [0.05, 0.1) is 4.90 Å². The van der Waals surface area contributed by atoms with E-state index in [4.69, 9.17) is 4.74 Å². The summed E-state index contributed by atoms with van der Waals surface area (Å²) in [7, 11) is -3.23. The van der Waals surface area contributed by atoms with Crippen LogP contribution in [-0.2, 0) is 16.3 Å². The summed E-state index contributed by atoms with van der Waals surface area (Å²) in [5.74, 6) is 1.57. The van der Waals surface area contributed by atoms with Crippen LogP contribution in [-0.4, -0.2) is 19.7 Å². The van der Waals surface area contributed by atoms with Crippen molar-refractivity contribution in [1.29, 1.82) is 0 Å². The van der Waals surface area contributed by atoms with Gasteiger partial charge in [0.2, 0.25) is 0 Å². The molecular formula is C21H17NO3S. The van der Waals surface area contributed by atoms with Gasteiger partial charge >= 0.3 is 0 Å². The number of para-hydroxylation sites is 1. The molecule has 0 saturated heterocycles. The molecule has 0 aliphatic carbocycles. The fourth-order valence-electron chi connectivity index (χ4n) is 3.06.